The molecule has 1 rings (SSSR count). The Morgan fingerprint density at radius 3 is 2.44 bits per heavy atom. The molecule has 0 fully saturated rings. The van der Waals surface area contributed by atoms with Crippen LogP contribution in [0.3, 0.4) is 0 Å². The molecule has 0 N–H and O–H groups in total. The molecule has 3 nitrogen and oxygen atoms in total. The van der Waals surface area contributed by atoms with E-state index in [0.29, 0.717) is 6.42 Å². The molecule has 0 radical (unpaired) electrons. The Morgan fingerprint density at radius 1 is 1.44 bits per heavy atom. The van der Waals surface area contributed by atoms with E-state index in [9.17, 15) is 9.90 Å². The molecule has 4 heteroatoms. The predicted molar refractivity (Wildman–Crippen MR) is 54.8 cm³/mol. The van der Waals surface area contributed by atoms with E-state index in [1.807, 2.05) is 30.3 Å². The molecule has 0 bridgehead atoms. The Bertz CT molecular complexity index is 386. The van der Waals surface area contributed by atoms with Crippen molar-refractivity contribution >= 4 is 5.97 Å². The normalized spacial score (nSPS) is 13.0. The number of carboxylic acids is 1. The predicted octanol–water partition coefficient (Wildman–Crippen LogP) is -1.95. The van der Waals surface area contributed by atoms with Gasteiger partial charge in [-0.3, -0.25) is 0 Å². The van der Waals surface area contributed by atoms with Gasteiger partial charge in [-0.15, -0.1) is 0 Å². The fraction of sp³-hybridized carbons (Fsp3) is 0.333. The van der Waals surface area contributed by atoms with E-state index in [4.69, 9.17) is 6.57 Å². The quantitative estimate of drug-likeness (QED) is 0.454. The summed E-state index contributed by atoms with van der Waals surface area (Å²) in [5, 5.41) is 10.7. The second-order valence-corrected chi connectivity index (χ2v) is 3.66. The van der Waals surface area contributed by atoms with Gasteiger partial charge in [0.1, 0.15) is 5.97 Å². The topological polar surface area (TPSA) is 44.5 Å². The van der Waals surface area contributed by atoms with Gasteiger partial charge in [0.2, 0.25) is 0 Å². The number of carbonyl (C=O) groups excluding carboxylic acids is 1. The molecule has 0 spiro atoms. The molecule has 1 aromatic carbocycles. The summed E-state index contributed by atoms with van der Waals surface area (Å²) in [7, 11) is 0. The van der Waals surface area contributed by atoms with Crippen molar-refractivity contribution in [3.05, 3.63) is 47.3 Å². The summed E-state index contributed by atoms with van der Waals surface area (Å²) < 4.78 is 0. The van der Waals surface area contributed by atoms with Gasteiger partial charge in [0.25, 0.3) is 5.54 Å². The Balaban J connectivity index is 0.00000225. The van der Waals surface area contributed by atoms with Crippen LogP contribution in [0.25, 0.3) is 4.85 Å². The molecule has 1 aromatic rings. The molecule has 0 heterocycles. The molecule has 1 unspecified atom stereocenters. The zero-order chi connectivity index (χ0) is 11.3. The molecule has 0 aliphatic rings. The number of nitrogens with zero attached hydrogens (tertiary/aromatic N) is 1. The molecule has 16 heavy (non-hydrogen) atoms. The maximum atomic E-state index is 10.7. The maximum absolute atomic E-state index is 10.7. The fourth-order valence-corrected chi connectivity index (χ4v) is 1.24. The van der Waals surface area contributed by atoms with Gasteiger partial charge in [-0.25, -0.2) is 6.57 Å². The fourth-order valence-electron chi connectivity index (χ4n) is 1.24. The summed E-state index contributed by atoms with van der Waals surface area (Å²) >= 11 is 0. The summed E-state index contributed by atoms with van der Waals surface area (Å²) in [5.74, 6) is -1.30. The number of aliphatic carboxylic acids is 1. The molecule has 0 aliphatic carbocycles. The van der Waals surface area contributed by atoms with Crippen molar-refractivity contribution in [3.8, 4) is 0 Å². The van der Waals surface area contributed by atoms with Crippen molar-refractivity contribution < 1.29 is 61.3 Å². The zero-order valence-electron chi connectivity index (χ0n) is 9.56. The first-order valence-corrected chi connectivity index (χ1v) is 4.72. The van der Waals surface area contributed by atoms with Crippen LogP contribution in [-0.2, 0) is 11.2 Å². The van der Waals surface area contributed by atoms with E-state index >= 15 is 0 Å². The Morgan fingerprint density at radius 2 is 2.00 bits per heavy atom. The second kappa shape index (κ2) is 7.20. The van der Waals surface area contributed by atoms with Crippen molar-refractivity contribution in [1.29, 1.82) is 0 Å². The van der Waals surface area contributed by atoms with Crippen molar-refractivity contribution in [1.82, 2.24) is 0 Å². The molecule has 78 valence electrons. The van der Waals surface area contributed by atoms with E-state index in [1.54, 1.807) is 0 Å². The van der Waals surface area contributed by atoms with Gasteiger partial charge in [0.15, 0.2) is 0 Å². The van der Waals surface area contributed by atoms with E-state index in [1.165, 1.54) is 6.92 Å². The van der Waals surface area contributed by atoms with Crippen LogP contribution < -0.4 is 56.5 Å². The molecule has 0 aromatic heterocycles. The third-order valence-electron chi connectivity index (χ3n) is 2.43. The van der Waals surface area contributed by atoms with Gasteiger partial charge in [0, 0.05) is 13.3 Å². The molecular weight excluding hydrogens is 229 g/mol. The first-order valence-electron chi connectivity index (χ1n) is 4.72. The minimum Gasteiger partial charge on any atom is -0.542 e. The van der Waals surface area contributed by atoms with Gasteiger partial charge < -0.3 is 14.7 Å². The third-order valence-corrected chi connectivity index (χ3v) is 2.43. The smallest absolute Gasteiger partial charge is 0.542 e. The first-order chi connectivity index (χ1) is 7.08. The number of aryl methyl sites for hydroxylation is 1. The summed E-state index contributed by atoms with van der Waals surface area (Å²) in [6.45, 7) is 8.26. The average Bonchev–Trinajstić information content (AvgIpc) is 2.27. The van der Waals surface area contributed by atoms with E-state index in [0.717, 1.165) is 5.56 Å². The largest absolute Gasteiger partial charge is 1.00 e. The summed E-state index contributed by atoms with van der Waals surface area (Å²) in [5.41, 5.74) is -0.371. The number of benzene rings is 1. The van der Waals surface area contributed by atoms with E-state index in [2.05, 4.69) is 4.85 Å². The average molecular weight is 241 g/mol. The van der Waals surface area contributed by atoms with Crippen molar-refractivity contribution in [2.75, 3.05) is 0 Å². The number of hydrogen-bond acceptors (Lipinski definition) is 2. The minimum atomic E-state index is -1.41. The number of carbonyl (C=O) groups is 1. The Kier molecular flexibility index (Phi) is 7.12. The van der Waals surface area contributed by atoms with Gasteiger partial charge in [0.05, 0.1) is 0 Å². The first kappa shape index (κ1) is 15.8. The monoisotopic (exact) mass is 241 g/mol. The van der Waals surface area contributed by atoms with Crippen molar-refractivity contribution in [2.45, 2.75) is 25.3 Å². The van der Waals surface area contributed by atoms with Crippen LogP contribution in [0, 0.1) is 6.57 Å². The number of rotatable bonds is 4. The van der Waals surface area contributed by atoms with Crippen LogP contribution in [0.2, 0.25) is 0 Å². The van der Waals surface area contributed by atoms with Crippen LogP contribution in [0.1, 0.15) is 18.9 Å². The van der Waals surface area contributed by atoms with Crippen LogP contribution in [-0.4, -0.2) is 11.5 Å². The molecule has 0 aliphatic heterocycles. The molecule has 0 amide bonds. The zero-order valence-corrected chi connectivity index (χ0v) is 12.7. The standard InChI is InChI=1S/C12H13NO2.K/c1-12(13-2,11(14)15)9-8-10-6-4-3-5-7-10;/h3-7H,8-9H2,1H3,(H,14,15);/q;+1/p-1. The van der Waals surface area contributed by atoms with Crippen LogP contribution in [0.5, 0.6) is 0 Å². The maximum Gasteiger partial charge on any atom is 1.00 e. The summed E-state index contributed by atoms with van der Waals surface area (Å²) in [6.07, 6.45) is 0.858. The van der Waals surface area contributed by atoms with Crippen LogP contribution in [0.15, 0.2) is 30.3 Å². The van der Waals surface area contributed by atoms with Crippen LogP contribution in [0.4, 0.5) is 0 Å². The molecule has 1 atom stereocenters. The number of hydrogen-bond donors (Lipinski definition) is 0. The van der Waals surface area contributed by atoms with E-state index in [-0.39, 0.29) is 57.8 Å². The minimum absolute atomic E-state index is 0. The molecular formula is C12H12KNO2. The molecule has 0 saturated carbocycles. The molecule has 0 saturated heterocycles. The third kappa shape index (κ3) is 4.36. The van der Waals surface area contributed by atoms with Gasteiger partial charge in [-0.1, -0.05) is 30.3 Å². The van der Waals surface area contributed by atoms with Crippen molar-refractivity contribution in [2.24, 2.45) is 0 Å². The SMILES string of the molecule is [C-]#[N+]C(C)(CCc1ccccc1)C(=O)[O-].[K+]. The van der Waals surface area contributed by atoms with Gasteiger partial charge in [-0.05, 0) is 12.0 Å². The summed E-state index contributed by atoms with van der Waals surface area (Å²) in [6, 6.07) is 9.52. The Hall–Kier alpha value is -0.184. The van der Waals surface area contributed by atoms with Crippen molar-refractivity contribution in [3.63, 3.8) is 0 Å². The number of carboxylic acid groups (broad SMARTS) is 1. The van der Waals surface area contributed by atoms with E-state index < -0.39 is 11.5 Å². The van der Waals surface area contributed by atoms with Gasteiger partial charge in [-0.2, -0.15) is 0 Å². The van der Waals surface area contributed by atoms with Crippen LogP contribution >= 0.6 is 0 Å². The summed E-state index contributed by atoms with van der Waals surface area (Å²) in [4.78, 5) is 13.9. The Labute approximate surface area is 138 Å². The van der Waals surface area contributed by atoms with Gasteiger partial charge >= 0.3 is 51.4 Å². The second-order valence-electron chi connectivity index (χ2n) is 3.66.